The van der Waals surface area contributed by atoms with Gasteiger partial charge in [-0.2, -0.15) is 0 Å². The van der Waals surface area contributed by atoms with Gasteiger partial charge < -0.3 is 14.9 Å². The summed E-state index contributed by atoms with van der Waals surface area (Å²) in [5, 5.41) is 17.7. The molecule has 0 spiro atoms. The van der Waals surface area contributed by atoms with Crippen LogP contribution < -0.4 is 0 Å². The van der Waals surface area contributed by atoms with E-state index in [9.17, 15) is 4.79 Å². The number of carboxylic acids is 1. The molecule has 1 aliphatic rings. The molecule has 4 heteroatoms. The first kappa shape index (κ1) is 9.48. The van der Waals surface area contributed by atoms with Crippen molar-refractivity contribution in [2.75, 3.05) is 19.8 Å². The maximum absolute atomic E-state index is 10.7. The molecule has 1 rings (SSSR count). The number of ether oxygens (including phenoxy) is 1. The van der Waals surface area contributed by atoms with Crippen molar-refractivity contribution in [1.29, 1.82) is 0 Å². The summed E-state index contributed by atoms with van der Waals surface area (Å²) in [6, 6.07) is 0. The smallest absolute Gasteiger partial charge is 0.306 e. The number of rotatable bonds is 2. The zero-order valence-corrected chi connectivity index (χ0v) is 6.90. The fraction of sp³-hybridized carbons (Fsp3) is 0.875. The van der Waals surface area contributed by atoms with Crippen LogP contribution >= 0.6 is 0 Å². The topological polar surface area (TPSA) is 66.8 Å². The van der Waals surface area contributed by atoms with Crippen molar-refractivity contribution >= 4 is 5.97 Å². The highest BCUT2D eigenvalue weighted by molar-refractivity contribution is 5.70. The van der Waals surface area contributed by atoms with Gasteiger partial charge in [0.1, 0.15) is 0 Å². The van der Waals surface area contributed by atoms with Gasteiger partial charge in [0, 0.05) is 19.8 Å². The van der Waals surface area contributed by atoms with Gasteiger partial charge in [-0.1, -0.05) is 0 Å². The molecular weight excluding hydrogens is 160 g/mol. The lowest BCUT2D eigenvalue weighted by atomic mass is 9.89. The Kier molecular flexibility index (Phi) is 3.49. The third kappa shape index (κ3) is 2.19. The van der Waals surface area contributed by atoms with Crippen LogP contribution in [0.5, 0.6) is 0 Å². The van der Waals surface area contributed by atoms with E-state index in [-0.39, 0.29) is 12.5 Å². The Morgan fingerprint density at radius 1 is 1.42 bits per heavy atom. The Hall–Kier alpha value is -0.610. The molecule has 0 radical (unpaired) electrons. The van der Waals surface area contributed by atoms with E-state index in [2.05, 4.69) is 0 Å². The molecule has 0 amide bonds. The molecule has 0 bridgehead atoms. The predicted molar refractivity (Wildman–Crippen MR) is 41.8 cm³/mol. The molecule has 1 fully saturated rings. The molecule has 4 nitrogen and oxygen atoms in total. The van der Waals surface area contributed by atoms with Gasteiger partial charge >= 0.3 is 5.97 Å². The average molecular weight is 174 g/mol. The first-order valence-electron chi connectivity index (χ1n) is 4.17. The molecule has 0 aromatic carbocycles. The molecule has 2 atom stereocenters. The Morgan fingerprint density at radius 3 is 2.67 bits per heavy atom. The number of carboxylic acid groups (broad SMARTS) is 1. The Morgan fingerprint density at radius 2 is 2.08 bits per heavy atom. The molecular formula is C8H14O4. The maximum Gasteiger partial charge on any atom is 0.306 e. The molecule has 1 aliphatic heterocycles. The number of aliphatic hydroxyl groups is 1. The van der Waals surface area contributed by atoms with E-state index in [1.807, 2.05) is 0 Å². The van der Waals surface area contributed by atoms with E-state index in [1.165, 1.54) is 0 Å². The number of carbonyl (C=O) groups is 1. The Bertz CT molecular complexity index is 157. The number of aliphatic hydroxyl groups excluding tert-OH is 1. The quantitative estimate of drug-likeness (QED) is 0.623. The van der Waals surface area contributed by atoms with Crippen molar-refractivity contribution in [3.8, 4) is 0 Å². The molecule has 12 heavy (non-hydrogen) atoms. The summed E-state index contributed by atoms with van der Waals surface area (Å²) >= 11 is 0. The zero-order valence-electron chi connectivity index (χ0n) is 6.90. The highest BCUT2D eigenvalue weighted by Crippen LogP contribution is 2.22. The zero-order chi connectivity index (χ0) is 8.97. The summed E-state index contributed by atoms with van der Waals surface area (Å²) in [7, 11) is 0. The van der Waals surface area contributed by atoms with Crippen molar-refractivity contribution in [3.05, 3.63) is 0 Å². The van der Waals surface area contributed by atoms with Gasteiger partial charge in [-0.15, -0.1) is 0 Å². The van der Waals surface area contributed by atoms with Crippen LogP contribution in [0.25, 0.3) is 0 Å². The summed E-state index contributed by atoms with van der Waals surface area (Å²) in [5.41, 5.74) is 0. The minimum Gasteiger partial charge on any atom is -0.481 e. The second-order valence-corrected chi connectivity index (χ2v) is 3.08. The molecule has 0 saturated carbocycles. The molecule has 0 aromatic rings. The summed E-state index contributed by atoms with van der Waals surface area (Å²) in [6.07, 6.45) is 1.16. The molecule has 0 aromatic heterocycles. The highest BCUT2D eigenvalue weighted by Gasteiger charge is 2.28. The Balaban J connectivity index is 2.57. The molecule has 1 heterocycles. The summed E-state index contributed by atoms with van der Waals surface area (Å²) in [4.78, 5) is 10.7. The SMILES string of the molecule is O=C(O)C1CCOCCC1CO. The molecule has 70 valence electrons. The van der Waals surface area contributed by atoms with E-state index in [1.54, 1.807) is 0 Å². The van der Waals surface area contributed by atoms with Crippen LogP contribution in [0.1, 0.15) is 12.8 Å². The van der Waals surface area contributed by atoms with E-state index >= 15 is 0 Å². The third-order valence-electron chi connectivity index (χ3n) is 2.33. The maximum atomic E-state index is 10.7. The van der Waals surface area contributed by atoms with E-state index in [0.29, 0.717) is 26.1 Å². The fourth-order valence-corrected chi connectivity index (χ4v) is 1.53. The molecule has 2 unspecified atom stereocenters. The van der Waals surface area contributed by atoms with Gasteiger partial charge in [0.2, 0.25) is 0 Å². The summed E-state index contributed by atoms with van der Waals surface area (Å²) < 4.78 is 5.13. The average Bonchev–Trinajstić information content (AvgIpc) is 2.27. The minimum absolute atomic E-state index is 0.0552. The fourth-order valence-electron chi connectivity index (χ4n) is 1.53. The monoisotopic (exact) mass is 174 g/mol. The van der Waals surface area contributed by atoms with Gasteiger partial charge in [0.05, 0.1) is 5.92 Å². The van der Waals surface area contributed by atoms with E-state index in [0.717, 1.165) is 0 Å². The number of aliphatic carboxylic acids is 1. The first-order valence-corrected chi connectivity index (χ1v) is 4.17. The van der Waals surface area contributed by atoms with Crippen LogP contribution in [-0.4, -0.2) is 36.0 Å². The molecule has 1 saturated heterocycles. The van der Waals surface area contributed by atoms with Gasteiger partial charge in [-0.3, -0.25) is 4.79 Å². The second kappa shape index (κ2) is 4.42. The van der Waals surface area contributed by atoms with Crippen LogP contribution in [0.4, 0.5) is 0 Å². The van der Waals surface area contributed by atoms with Gasteiger partial charge in [-0.05, 0) is 18.8 Å². The van der Waals surface area contributed by atoms with Crippen LogP contribution in [0.2, 0.25) is 0 Å². The third-order valence-corrected chi connectivity index (χ3v) is 2.33. The Labute approximate surface area is 71.2 Å². The molecule has 2 N–H and O–H groups in total. The van der Waals surface area contributed by atoms with Crippen molar-refractivity contribution in [1.82, 2.24) is 0 Å². The largest absolute Gasteiger partial charge is 0.481 e. The first-order chi connectivity index (χ1) is 5.75. The van der Waals surface area contributed by atoms with Crippen molar-refractivity contribution < 1.29 is 19.7 Å². The molecule has 0 aliphatic carbocycles. The van der Waals surface area contributed by atoms with Crippen molar-refractivity contribution in [2.45, 2.75) is 12.8 Å². The van der Waals surface area contributed by atoms with Crippen LogP contribution in [-0.2, 0) is 9.53 Å². The second-order valence-electron chi connectivity index (χ2n) is 3.08. The van der Waals surface area contributed by atoms with Gasteiger partial charge in [0.15, 0.2) is 0 Å². The number of hydrogen-bond donors (Lipinski definition) is 2. The number of hydrogen-bond acceptors (Lipinski definition) is 3. The normalized spacial score (nSPS) is 31.1. The lowest BCUT2D eigenvalue weighted by Gasteiger charge is -2.17. The van der Waals surface area contributed by atoms with E-state index < -0.39 is 11.9 Å². The summed E-state index contributed by atoms with van der Waals surface area (Å²) in [5.74, 6) is -1.39. The van der Waals surface area contributed by atoms with E-state index in [4.69, 9.17) is 14.9 Å². The van der Waals surface area contributed by atoms with Gasteiger partial charge in [0.25, 0.3) is 0 Å². The highest BCUT2D eigenvalue weighted by atomic mass is 16.5. The lowest BCUT2D eigenvalue weighted by Crippen LogP contribution is -2.25. The minimum atomic E-state index is -0.820. The van der Waals surface area contributed by atoms with Crippen molar-refractivity contribution in [3.63, 3.8) is 0 Å². The van der Waals surface area contributed by atoms with Crippen LogP contribution in [0.3, 0.4) is 0 Å². The van der Waals surface area contributed by atoms with Crippen LogP contribution in [0, 0.1) is 11.8 Å². The van der Waals surface area contributed by atoms with Crippen molar-refractivity contribution in [2.24, 2.45) is 11.8 Å². The van der Waals surface area contributed by atoms with Crippen LogP contribution in [0.15, 0.2) is 0 Å². The predicted octanol–water partition coefficient (Wildman–Crippen LogP) is 0.106. The lowest BCUT2D eigenvalue weighted by molar-refractivity contribution is -0.144. The van der Waals surface area contributed by atoms with Gasteiger partial charge in [-0.25, -0.2) is 0 Å². The summed E-state index contributed by atoms with van der Waals surface area (Å²) in [6.45, 7) is 1.00. The standard InChI is InChI=1S/C8H14O4/c9-5-6-1-3-12-4-2-7(6)8(10)11/h6-7,9H,1-5H2,(H,10,11).